The highest BCUT2D eigenvalue weighted by Gasteiger charge is 2.34. The summed E-state index contributed by atoms with van der Waals surface area (Å²) in [6.45, 7) is 7.68. The van der Waals surface area contributed by atoms with E-state index in [9.17, 15) is 8.42 Å². The van der Waals surface area contributed by atoms with Crippen molar-refractivity contribution in [2.75, 3.05) is 6.54 Å². The standard InChI is InChI=1S/C18H17BClNO4S/c1-13-14(2)25-19(24-13)16-8-6-15(7-9-16)10-11-21-26(22,23)18-5-3-4-17(20)12-18/h3-9,12,21H,1-2,10-11H2. The van der Waals surface area contributed by atoms with Crippen LogP contribution >= 0.6 is 11.6 Å². The third kappa shape index (κ3) is 4.30. The molecule has 2 aromatic carbocycles. The van der Waals surface area contributed by atoms with E-state index in [2.05, 4.69) is 17.9 Å². The fraction of sp³-hybridized carbons (Fsp3) is 0.111. The summed E-state index contributed by atoms with van der Waals surface area (Å²) >= 11 is 5.84. The van der Waals surface area contributed by atoms with Gasteiger partial charge >= 0.3 is 7.12 Å². The molecule has 0 aromatic heterocycles. The van der Waals surface area contributed by atoms with Crippen molar-refractivity contribution in [3.8, 4) is 0 Å². The molecule has 1 fully saturated rings. The summed E-state index contributed by atoms with van der Waals surface area (Å²) in [7, 11) is -4.12. The van der Waals surface area contributed by atoms with Crippen LogP contribution in [0.25, 0.3) is 0 Å². The predicted octanol–water partition coefficient (Wildman–Crippen LogP) is 2.63. The van der Waals surface area contributed by atoms with Crippen LogP contribution < -0.4 is 10.2 Å². The summed E-state index contributed by atoms with van der Waals surface area (Å²) in [5.74, 6) is 0.851. The zero-order valence-electron chi connectivity index (χ0n) is 13.9. The van der Waals surface area contributed by atoms with E-state index in [1.165, 1.54) is 12.1 Å². The van der Waals surface area contributed by atoms with Crippen LogP contribution in [0.5, 0.6) is 0 Å². The number of hydrogen-bond acceptors (Lipinski definition) is 4. The van der Waals surface area contributed by atoms with Crippen LogP contribution in [0.4, 0.5) is 0 Å². The summed E-state index contributed by atoms with van der Waals surface area (Å²) in [6, 6.07) is 13.7. The molecule has 2 aromatic rings. The van der Waals surface area contributed by atoms with Gasteiger partial charge in [-0.25, -0.2) is 13.1 Å². The van der Waals surface area contributed by atoms with E-state index in [1.807, 2.05) is 24.3 Å². The van der Waals surface area contributed by atoms with Crippen molar-refractivity contribution in [1.82, 2.24) is 4.72 Å². The minimum absolute atomic E-state index is 0.149. The molecule has 0 radical (unpaired) electrons. The van der Waals surface area contributed by atoms with Crippen LogP contribution in [-0.2, 0) is 25.8 Å². The molecule has 1 N–H and O–H groups in total. The fourth-order valence-electron chi connectivity index (χ4n) is 2.44. The van der Waals surface area contributed by atoms with E-state index in [-0.39, 0.29) is 11.4 Å². The van der Waals surface area contributed by atoms with Gasteiger partial charge in [-0.1, -0.05) is 55.1 Å². The van der Waals surface area contributed by atoms with Crippen molar-refractivity contribution in [3.05, 3.63) is 83.8 Å². The Balaban J connectivity index is 1.57. The molecule has 0 bridgehead atoms. The van der Waals surface area contributed by atoms with Gasteiger partial charge in [-0.2, -0.15) is 0 Å². The van der Waals surface area contributed by atoms with Crippen molar-refractivity contribution in [2.24, 2.45) is 0 Å². The van der Waals surface area contributed by atoms with E-state index in [4.69, 9.17) is 20.9 Å². The maximum absolute atomic E-state index is 12.2. The summed E-state index contributed by atoms with van der Waals surface area (Å²) in [4.78, 5) is 0.149. The molecule has 1 saturated heterocycles. The molecule has 0 atom stereocenters. The average Bonchev–Trinajstić information content (AvgIpc) is 2.94. The number of halogens is 1. The first-order chi connectivity index (χ1) is 12.3. The quantitative estimate of drug-likeness (QED) is 0.771. The highest BCUT2D eigenvalue weighted by atomic mass is 35.5. The van der Waals surface area contributed by atoms with Gasteiger partial charge in [0.05, 0.1) is 4.90 Å². The molecule has 0 saturated carbocycles. The molecule has 26 heavy (non-hydrogen) atoms. The fourth-order valence-corrected chi connectivity index (χ4v) is 3.77. The molecule has 134 valence electrons. The van der Waals surface area contributed by atoms with E-state index in [0.717, 1.165) is 11.0 Å². The summed E-state index contributed by atoms with van der Waals surface area (Å²) < 4.78 is 38.0. The lowest BCUT2D eigenvalue weighted by atomic mass is 9.79. The summed E-state index contributed by atoms with van der Waals surface area (Å²) in [5.41, 5.74) is 1.83. The third-order valence-corrected chi connectivity index (χ3v) is 5.57. The van der Waals surface area contributed by atoms with Gasteiger partial charge in [-0.3, -0.25) is 0 Å². The maximum atomic E-state index is 12.2. The van der Waals surface area contributed by atoms with E-state index >= 15 is 0 Å². The Bertz CT molecular complexity index is 928. The molecule has 1 aliphatic rings. The molecule has 8 heteroatoms. The molecule has 0 spiro atoms. The Morgan fingerprint density at radius 2 is 1.69 bits per heavy atom. The first-order valence-electron chi connectivity index (χ1n) is 7.91. The lowest BCUT2D eigenvalue weighted by Gasteiger charge is -2.08. The van der Waals surface area contributed by atoms with Crippen LogP contribution in [0.3, 0.4) is 0 Å². The summed E-state index contributed by atoms with van der Waals surface area (Å²) in [5, 5.41) is 0.380. The van der Waals surface area contributed by atoms with Crippen LogP contribution in [0.15, 0.2) is 78.1 Å². The van der Waals surface area contributed by atoms with Crippen molar-refractivity contribution in [3.63, 3.8) is 0 Å². The lowest BCUT2D eigenvalue weighted by Crippen LogP contribution is -2.31. The Morgan fingerprint density at radius 3 is 2.31 bits per heavy atom. The Kier molecular flexibility index (Phi) is 5.41. The van der Waals surface area contributed by atoms with Crippen molar-refractivity contribution < 1.29 is 17.7 Å². The molecular formula is C18H17BClNO4S. The smallest absolute Gasteiger partial charge is 0.520 e. The number of benzene rings is 2. The number of nitrogens with one attached hydrogen (secondary N) is 1. The molecule has 5 nitrogen and oxygen atoms in total. The Morgan fingerprint density at radius 1 is 1.04 bits per heavy atom. The normalized spacial score (nSPS) is 14.3. The molecule has 3 rings (SSSR count). The molecule has 0 aliphatic carbocycles. The van der Waals surface area contributed by atoms with E-state index < -0.39 is 17.1 Å². The molecular weight excluding hydrogens is 373 g/mol. The number of sulfonamides is 1. The monoisotopic (exact) mass is 389 g/mol. The van der Waals surface area contributed by atoms with Gasteiger partial charge in [0.15, 0.2) is 0 Å². The largest absolute Gasteiger partial charge is 0.632 e. The SMILES string of the molecule is C=C1OB(c2ccc(CCNS(=O)(=O)c3cccc(Cl)c3)cc2)OC1=C. The van der Waals surface area contributed by atoms with E-state index in [1.54, 1.807) is 12.1 Å². The minimum Gasteiger partial charge on any atom is -0.520 e. The van der Waals surface area contributed by atoms with Crippen molar-refractivity contribution >= 4 is 34.2 Å². The van der Waals surface area contributed by atoms with Crippen molar-refractivity contribution in [2.45, 2.75) is 11.3 Å². The first-order valence-corrected chi connectivity index (χ1v) is 9.77. The topological polar surface area (TPSA) is 64.6 Å². The zero-order valence-corrected chi connectivity index (χ0v) is 15.5. The van der Waals surface area contributed by atoms with Crippen LogP contribution in [0.1, 0.15) is 5.56 Å². The third-order valence-electron chi connectivity index (χ3n) is 3.87. The highest BCUT2D eigenvalue weighted by Crippen LogP contribution is 2.20. The van der Waals surface area contributed by atoms with E-state index in [0.29, 0.717) is 23.0 Å². The molecule has 0 amide bonds. The second kappa shape index (κ2) is 7.57. The van der Waals surface area contributed by atoms with Crippen LogP contribution in [0, 0.1) is 0 Å². The van der Waals surface area contributed by atoms with Crippen LogP contribution in [0.2, 0.25) is 5.02 Å². The van der Waals surface area contributed by atoms with Gasteiger partial charge in [-0.05, 0) is 30.2 Å². The Labute approximate surface area is 158 Å². The second-order valence-corrected chi connectivity index (χ2v) is 7.96. The predicted molar refractivity (Wildman–Crippen MR) is 103 cm³/mol. The van der Waals surface area contributed by atoms with Gasteiger partial charge in [-0.15, -0.1) is 0 Å². The average molecular weight is 390 g/mol. The lowest BCUT2D eigenvalue weighted by molar-refractivity contribution is 0.431. The summed E-state index contributed by atoms with van der Waals surface area (Å²) in [6.07, 6.45) is 0.547. The van der Waals surface area contributed by atoms with Gasteiger partial charge in [0.1, 0.15) is 11.5 Å². The van der Waals surface area contributed by atoms with Gasteiger partial charge in [0, 0.05) is 17.0 Å². The van der Waals surface area contributed by atoms with Crippen molar-refractivity contribution in [1.29, 1.82) is 0 Å². The molecule has 1 heterocycles. The van der Waals surface area contributed by atoms with Gasteiger partial charge in [0.2, 0.25) is 10.0 Å². The first kappa shape index (κ1) is 18.6. The molecule has 1 aliphatic heterocycles. The zero-order chi connectivity index (χ0) is 18.7. The van der Waals surface area contributed by atoms with Gasteiger partial charge in [0.25, 0.3) is 0 Å². The number of rotatable bonds is 6. The Hall–Kier alpha value is -2.22. The molecule has 0 unspecified atom stereocenters. The number of hydrogen-bond donors (Lipinski definition) is 1. The van der Waals surface area contributed by atoms with Crippen LogP contribution in [-0.4, -0.2) is 22.1 Å². The minimum atomic E-state index is -3.58. The highest BCUT2D eigenvalue weighted by molar-refractivity contribution is 7.89. The second-order valence-electron chi connectivity index (χ2n) is 5.76. The maximum Gasteiger partial charge on any atom is 0.632 e. The van der Waals surface area contributed by atoms with Gasteiger partial charge < -0.3 is 9.31 Å².